The lowest BCUT2D eigenvalue weighted by Gasteiger charge is -2.10. The van der Waals surface area contributed by atoms with Gasteiger partial charge in [-0.15, -0.1) is 10.2 Å². The number of rotatable bonds is 7. The zero-order valence-corrected chi connectivity index (χ0v) is 16.1. The van der Waals surface area contributed by atoms with Gasteiger partial charge in [-0.05, 0) is 18.2 Å². The lowest BCUT2D eigenvalue weighted by atomic mass is 10.2. The van der Waals surface area contributed by atoms with E-state index in [-0.39, 0.29) is 5.95 Å². The summed E-state index contributed by atoms with van der Waals surface area (Å²) in [5.74, 6) is 3.19. The van der Waals surface area contributed by atoms with Gasteiger partial charge < -0.3 is 24.5 Å². The Morgan fingerprint density at radius 3 is 2.56 bits per heavy atom. The summed E-state index contributed by atoms with van der Waals surface area (Å²) in [7, 11) is 6.81. The molecule has 0 saturated carbocycles. The first-order valence-corrected chi connectivity index (χ1v) is 8.85. The molecule has 0 atom stereocenters. The van der Waals surface area contributed by atoms with Crippen LogP contribution in [0.3, 0.4) is 0 Å². The minimum absolute atomic E-state index is 0.167. The summed E-state index contributed by atoms with van der Waals surface area (Å²) in [4.78, 5) is 14.3. The van der Waals surface area contributed by atoms with Crippen LogP contribution in [0.5, 0.6) is 11.5 Å². The van der Waals surface area contributed by atoms with Crippen LogP contribution in [0, 0.1) is 0 Å². The highest BCUT2D eigenvalue weighted by atomic mass is 32.2. The predicted molar refractivity (Wildman–Crippen MR) is 101 cm³/mol. The molecule has 11 heteroatoms. The van der Waals surface area contributed by atoms with Gasteiger partial charge in [0.25, 0.3) is 5.22 Å². The lowest BCUT2D eigenvalue weighted by Crippen LogP contribution is -2.15. The molecule has 0 spiro atoms. The fourth-order valence-electron chi connectivity index (χ4n) is 2.17. The molecule has 3 aromatic rings. The second-order valence-electron chi connectivity index (χ2n) is 5.54. The molecule has 2 aromatic heterocycles. The van der Waals surface area contributed by atoms with Crippen LogP contribution in [0.1, 0.15) is 5.82 Å². The van der Waals surface area contributed by atoms with E-state index >= 15 is 0 Å². The van der Waals surface area contributed by atoms with Crippen molar-refractivity contribution in [1.82, 2.24) is 25.1 Å². The molecule has 0 aliphatic carbocycles. The normalized spacial score (nSPS) is 10.7. The van der Waals surface area contributed by atoms with Gasteiger partial charge in [0.15, 0.2) is 11.5 Å². The molecule has 0 unspecified atom stereocenters. The third-order valence-electron chi connectivity index (χ3n) is 3.45. The van der Waals surface area contributed by atoms with Crippen LogP contribution < -0.4 is 20.1 Å². The lowest BCUT2D eigenvalue weighted by molar-refractivity contribution is 0.355. The first kappa shape index (κ1) is 18.7. The molecule has 0 radical (unpaired) electrons. The first-order chi connectivity index (χ1) is 13.0. The van der Waals surface area contributed by atoms with Gasteiger partial charge in [0.2, 0.25) is 17.8 Å². The molecule has 0 amide bonds. The minimum atomic E-state index is 0.167. The Kier molecular flexibility index (Phi) is 5.60. The van der Waals surface area contributed by atoms with Gasteiger partial charge in [-0.25, -0.2) is 0 Å². The molecule has 1 aromatic carbocycles. The molecule has 3 rings (SSSR count). The zero-order chi connectivity index (χ0) is 19.4. The number of hydrogen-bond donors (Lipinski definition) is 1. The average molecular weight is 389 g/mol. The van der Waals surface area contributed by atoms with Crippen LogP contribution in [-0.4, -0.2) is 53.5 Å². The van der Waals surface area contributed by atoms with Crippen molar-refractivity contribution in [2.45, 2.75) is 11.0 Å². The van der Waals surface area contributed by atoms with Crippen LogP contribution in [0.25, 0.3) is 11.5 Å². The standard InChI is InChI=1S/C16H19N7O3S/c1-23(2)15-19-12(18-14(17)20-15)8-27-16-22-21-13(26-16)9-5-6-10(24-3)11(7-9)25-4/h5-7H,8H2,1-4H3,(H2,17,18,19,20). The Labute approximate surface area is 160 Å². The van der Waals surface area contributed by atoms with E-state index in [0.29, 0.717) is 40.1 Å². The number of nitrogens with zero attached hydrogens (tertiary/aromatic N) is 6. The van der Waals surface area contributed by atoms with E-state index in [1.54, 1.807) is 31.3 Å². The quantitative estimate of drug-likeness (QED) is 0.595. The Bertz CT molecular complexity index is 932. The van der Waals surface area contributed by atoms with Gasteiger partial charge in [-0.3, -0.25) is 0 Å². The molecule has 0 aliphatic heterocycles. The average Bonchev–Trinajstić information content (AvgIpc) is 3.14. The number of nitrogen functional groups attached to an aromatic ring is 1. The summed E-state index contributed by atoms with van der Waals surface area (Å²) in [6.45, 7) is 0. The van der Waals surface area contributed by atoms with Crippen molar-refractivity contribution in [1.29, 1.82) is 0 Å². The van der Waals surface area contributed by atoms with E-state index in [2.05, 4.69) is 25.1 Å². The van der Waals surface area contributed by atoms with Crippen LogP contribution in [0.2, 0.25) is 0 Å². The number of thioether (sulfide) groups is 1. The number of hydrogen-bond acceptors (Lipinski definition) is 11. The van der Waals surface area contributed by atoms with Crippen LogP contribution in [0.4, 0.5) is 11.9 Å². The number of aromatic nitrogens is 5. The van der Waals surface area contributed by atoms with Crippen molar-refractivity contribution in [3.63, 3.8) is 0 Å². The maximum Gasteiger partial charge on any atom is 0.277 e. The Hall–Kier alpha value is -3.08. The van der Waals surface area contributed by atoms with E-state index in [1.165, 1.54) is 11.8 Å². The highest BCUT2D eigenvalue weighted by molar-refractivity contribution is 7.98. The second kappa shape index (κ2) is 8.08. The van der Waals surface area contributed by atoms with Crippen molar-refractivity contribution < 1.29 is 13.9 Å². The van der Waals surface area contributed by atoms with E-state index in [4.69, 9.17) is 19.6 Å². The summed E-state index contributed by atoms with van der Waals surface area (Å²) in [6, 6.07) is 5.37. The minimum Gasteiger partial charge on any atom is -0.493 e. The van der Waals surface area contributed by atoms with Crippen molar-refractivity contribution in [3.8, 4) is 23.0 Å². The Morgan fingerprint density at radius 1 is 1.07 bits per heavy atom. The summed E-state index contributed by atoms with van der Waals surface area (Å²) < 4.78 is 16.2. The van der Waals surface area contributed by atoms with Crippen LogP contribution >= 0.6 is 11.8 Å². The molecule has 27 heavy (non-hydrogen) atoms. The molecule has 0 saturated heterocycles. The summed E-state index contributed by atoms with van der Waals surface area (Å²) in [5, 5.41) is 8.51. The Morgan fingerprint density at radius 2 is 1.85 bits per heavy atom. The summed E-state index contributed by atoms with van der Waals surface area (Å²) >= 11 is 1.31. The van der Waals surface area contributed by atoms with Gasteiger partial charge >= 0.3 is 0 Å². The molecule has 0 bridgehead atoms. The summed E-state index contributed by atoms with van der Waals surface area (Å²) in [5.41, 5.74) is 6.45. The SMILES string of the molecule is COc1ccc(-c2nnc(SCc3nc(N)nc(N(C)C)n3)o2)cc1OC. The van der Waals surface area contributed by atoms with Crippen molar-refractivity contribution in [2.24, 2.45) is 0 Å². The second-order valence-corrected chi connectivity index (χ2v) is 6.46. The predicted octanol–water partition coefficient (Wildman–Crippen LogP) is 1.88. The van der Waals surface area contributed by atoms with Crippen molar-refractivity contribution in [3.05, 3.63) is 24.0 Å². The number of methoxy groups -OCH3 is 2. The van der Waals surface area contributed by atoms with E-state index in [0.717, 1.165) is 5.56 Å². The van der Waals surface area contributed by atoms with Gasteiger partial charge in [0.1, 0.15) is 5.82 Å². The van der Waals surface area contributed by atoms with Crippen LogP contribution in [-0.2, 0) is 5.75 Å². The molecule has 142 valence electrons. The van der Waals surface area contributed by atoms with E-state index in [1.807, 2.05) is 20.2 Å². The maximum atomic E-state index is 5.73. The fraction of sp³-hybridized carbons (Fsp3) is 0.312. The Balaban J connectivity index is 1.73. The van der Waals surface area contributed by atoms with E-state index in [9.17, 15) is 0 Å². The summed E-state index contributed by atoms with van der Waals surface area (Å²) in [6.07, 6.45) is 0. The number of nitrogens with two attached hydrogens (primary N) is 1. The van der Waals surface area contributed by atoms with E-state index < -0.39 is 0 Å². The number of benzene rings is 1. The molecule has 0 aliphatic rings. The van der Waals surface area contributed by atoms with Gasteiger partial charge in [0.05, 0.1) is 20.0 Å². The van der Waals surface area contributed by atoms with Crippen molar-refractivity contribution >= 4 is 23.7 Å². The van der Waals surface area contributed by atoms with Gasteiger partial charge in [-0.1, -0.05) is 11.8 Å². The maximum absolute atomic E-state index is 5.73. The molecule has 2 N–H and O–H groups in total. The third kappa shape index (κ3) is 4.37. The topological polar surface area (TPSA) is 125 Å². The van der Waals surface area contributed by atoms with Gasteiger partial charge in [0, 0.05) is 19.7 Å². The highest BCUT2D eigenvalue weighted by Gasteiger charge is 2.14. The highest BCUT2D eigenvalue weighted by Crippen LogP contribution is 2.33. The van der Waals surface area contributed by atoms with Crippen LogP contribution in [0.15, 0.2) is 27.8 Å². The van der Waals surface area contributed by atoms with Gasteiger partial charge in [-0.2, -0.15) is 15.0 Å². The first-order valence-electron chi connectivity index (χ1n) is 7.86. The fourth-order valence-corrected chi connectivity index (χ4v) is 2.79. The molecule has 10 nitrogen and oxygen atoms in total. The third-order valence-corrected chi connectivity index (χ3v) is 4.26. The molecular formula is C16H19N7O3S. The number of anilines is 2. The number of ether oxygens (including phenoxy) is 2. The largest absolute Gasteiger partial charge is 0.493 e. The molecule has 0 fully saturated rings. The molecular weight excluding hydrogens is 370 g/mol. The smallest absolute Gasteiger partial charge is 0.277 e. The zero-order valence-electron chi connectivity index (χ0n) is 15.3. The molecule has 2 heterocycles. The van der Waals surface area contributed by atoms with Crippen molar-refractivity contribution in [2.75, 3.05) is 38.9 Å². The monoisotopic (exact) mass is 389 g/mol.